The Labute approximate surface area is 231 Å². The molecule has 0 radical (unpaired) electrons. The largest absolute Gasteiger partial charge is 0.495 e. The van der Waals surface area contributed by atoms with E-state index in [1.54, 1.807) is 37.3 Å². The summed E-state index contributed by atoms with van der Waals surface area (Å²) in [5.41, 5.74) is 2.90. The third kappa shape index (κ3) is 7.38. The second-order valence-electron chi connectivity index (χ2n) is 9.48. The maximum atomic E-state index is 14.0. The molecule has 1 N–H and O–H groups in total. The molecule has 0 aliphatic carbocycles. The van der Waals surface area contributed by atoms with Gasteiger partial charge >= 0.3 is 0 Å². The fourth-order valence-corrected chi connectivity index (χ4v) is 5.65. The van der Waals surface area contributed by atoms with Crippen LogP contribution in [0.1, 0.15) is 37.0 Å². The molecule has 0 unspecified atom stereocenters. The number of hydrogen-bond donors (Lipinski definition) is 1. The molecule has 9 heteroatoms. The van der Waals surface area contributed by atoms with Crippen LogP contribution in [-0.4, -0.2) is 51.4 Å². The maximum absolute atomic E-state index is 14.0. The summed E-state index contributed by atoms with van der Waals surface area (Å²) in [5, 5.41) is 2.85. The van der Waals surface area contributed by atoms with Crippen molar-refractivity contribution in [1.29, 1.82) is 0 Å². The molecule has 3 aromatic rings. The molecule has 0 aromatic heterocycles. The van der Waals surface area contributed by atoms with Gasteiger partial charge in [0.15, 0.2) is 0 Å². The highest BCUT2D eigenvalue weighted by molar-refractivity contribution is 7.92. The Morgan fingerprint density at radius 1 is 0.949 bits per heavy atom. The maximum Gasteiger partial charge on any atom is 0.264 e. The van der Waals surface area contributed by atoms with E-state index in [1.165, 1.54) is 24.1 Å². The predicted octanol–water partition coefficient (Wildman–Crippen LogP) is 4.45. The Hall–Kier alpha value is -3.85. The molecule has 0 spiro atoms. The van der Waals surface area contributed by atoms with Crippen molar-refractivity contribution >= 4 is 27.5 Å². The van der Waals surface area contributed by atoms with Crippen molar-refractivity contribution in [3.05, 3.63) is 89.5 Å². The number of nitrogens with one attached hydrogen (secondary N) is 1. The van der Waals surface area contributed by atoms with Crippen molar-refractivity contribution in [2.75, 3.05) is 24.5 Å². The van der Waals surface area contributed by atoms with Crippen molar-refractivity contribution in [3.63, 3.8) is 0 Å². The summed E-state index contributed by atoms with van der Waals surface area (Å²) >= 11 is 0. The highest BCUT2D eigenvalue weighted by atomic mass is 32.2. The third-order valence-electron chi connectivity index (χ3n) is 6.37. The van der Waals surface area contributed by atoms with Gasteiger partial charge in [0.1, 0.15) is 18.3 Å². The van der Waals surface area contributed by atoms with E-state index in [2.05, 4.69) is 5.32 Å². The van der Waals surface area contributed by atoms with Gasteiger partial charge in [0.25, 0.3) is 10.0 Å². The molecule has 0 fully saturated rings. The smallest absolute Gasteiger partial charge is 0.264 e. The lowest BCUT2D eigenvalue weighted by atomic mass is 10.1. The zero-order valence-electron chi connectivity index (χ0n) is 23.2. The lowest BCUT2D eigenvalue weighted by molar-refractivity contribution is -0.139. The number of anilines is 1. The molecule has 0 saturated carbocycles. The first kappa shape index (κ1) is 29.7. The number of amides is 2. The second kappa shape index (κ2) is 13.3. The van der Waals surface area contributed by atoms with Gasteiger partial charge in [-0.1, -0.05) is 61.0 Å². The lowest BCUT2D eigenvalue weighted by Gasteiger charge is -2.32. The third-order valence-corrected chi connectivity index (χ3v) is 8.14. The summed E-state index contributed by atoms with van der Waals surface area (Å²) in [6.45, 7) is 7.49. The van der Waals surface area contributed by atoms with Gasteiger partial charge < -0.3 is 15.0 Å². The minimum absolute atomic E-state index is 0.0420. The van der Waals surface area contributed by atoms with E-state index >= 15 is 0 Å². The van der Waals surface area contributed by atoms with Gasteiger partial charge in [-0.2, -0.15) is 0 Å². The van der Waals surface area contributed by atoms with Crippen LogP contribution in [0.25, 0.3) is 0 Å². The summed E-state index contributed by atoms with van der Waals surface area (Å²) in [7, 11) is -2.71. The fourth-order valence-electron chi connectivity index (χ4n) is 4.21. The van der Waals surface area contributed by atoms with Crippen LogP contribution in [0, 0.1) is 13.8 Å². The molecular formula is C30H37N3O5S. The van der Waals surface area contributed by atoms with Crippen LogP contribution in [0.4, 0.5) is 5.69 Å². The SMILES string of the molecule is CCCNC(=O)[C@H](C)N(Cc1cccc(C)c1)C(=O)CN(c1cc(C)ccc1OC)S(=O)(=O)c1ccccc1. The number of aryl methyl sites for hydroxylation is 2. The van der Waals surface area contributed by atoms with Crippen molar-refractivity contribution < 1.29 is 22.7 Å². The predicted molar refractivity (Wildman–Crippen MR) is 153 cm³/mol. The number of nitrogens with zero attached hydrogens (tertiary/aromatic N) is 2. The standard InChI is InChI=1S/C30H37N3O5S/c1-6-17-31-30(35)24(4)32(20-25-12-10-11-22(2)18-25)29(34)21-33(27-19-23(3)15-16-28(27)38-5)39(36,37)26-13-8-7-9-14-26/h7-16,18-19,24H,6,17,20-21H2,1-5H3,(H,31,35)/t24-/m0/s1. The van der Waals surface area contributed by atoms with Crippen molar-refractivity contribution in [2.24, 2.45) is 0 Å². The highest BCUT2D eigenvalue weighted by Crippen LogP contribution is 2.33. The number of benzene rings is 3. The van der Waals surface area contributed by atoms with Gasteiger partial charge in [0.05, 0.1) is 17.7 Å². The molecule has 0 heterocycles. The van der Waals surface area contributed by atoms with Crippen molar-refractivity contribution in [1.82, 2.24) is 10.2 Å². The van der Waals surface area contributed by atoms with E-state index in [0.29, 0.717) is 12.3 Å². The minimum Gasteiger partial charge on any atom is -0.495 e. The molecule has 2 amide bonds. The van der Waals surface area contributed by atoms with Crippen LogP contribution >= 0.6 is 0 Å². The number of sulfonamides is 1. The molecule has 208 valence electrons. The van der Waals surface area contributed by atoms with E-state index < -0.39 is 28.5 Å². The Balaban J connectivity index is 2.08. The summed E-state index contributed by atoms with van der Waals surface area (Å²) in [4.78, 5) is 28.4. The van der Waals surface area contributed by atoms with Gasteiger partial charge in [-0.05, 0) is 62.6 Å². The molecule has 0 saturated heterocycles. The van der Waals surface area contributed by atoms with Crippen LogP contribution in [0.5, 0.6) is 5.75 Å². The molecule has 1 atom stereocenters. The van der Waals surface area contributed by atoms with Crippen molar-refractivity contribution in [2.45, 2.75) is 51.6 Å². The van der Waals surface area contributed by atoms with Gasteiger partial charge in [-0.15, -0.1) is 0 Å². The van der Waals surface area contributed by atoms with Gasteiger partial charge in [-0.25, -0.2) is 8.42 Å². The summed E-state index contributed by atoms with van der Waals surface area (Å²) < 4.78 is 34.4. The topological polar surface area (TPSA) is 96.0 Å². The molecule has 3 aromatic carbocycles. The van der Waals surface area contributed by atoms with Crippen LogP contribution in [0.2, 0.25) is 0 Å². The fraction of sp³-hybridized carbons (Fsp3) is 0.333. The average molecular weight is 552 g/mol. The van der Waals surface area contributed by atoms with E-state index in [1.807, 2.05) is 51.1 Å². The van der Waals surface area contributed by atoms with Crippen molar-refractivity contribution in [3.8, 4) is 5.75 Å². The average Bonchev–Trinajstić information content (AvgIpc) is 2.93. The first-order valence-corrected chi connectivity index (χ1v) is 14.4. The molecular weight excluding hydrogens is 514 g/mol. The summed E-state index contributed by atoms with van der Waals surface area (Å²) in [6, 6.07) is 19.9. The van der Waals surface area contributed by atoms with Gasteiger partial charge in [0.2, 0.25) is 11.8 Å². The number of ether oxygens (including phenoxy) is 1. The Kier molecular flexibility index (Phi) is 10.1. The quantitative estimate of drug-likeness (QED) is 0.359. The molecule has 39 heavy (non-hydrogen) atoms. The van der Waals surface area contributed by atoms with Crippen LogP contribution < -0.4 is 14.4 Å². The van der Waals surface area contributed by atoms with Crippen LogP contribution in [-0.2, 0) is 26.2 Å². The highest BCUT2D eigenvalue weighted by Gasteiger charge is 2.33. The van der Waals surface area contributed by atoms with E-state index in [9.17, 15) is 18.0 Å². The van der Waals surface area contributed by atoms with E-state index in [4.69, 9.17) is 4.74 Å². The molecule has 3 rings (SSSR count). The first-order valence-electron chi connectivity index (χ1n) is 12.9. The number of hydrogen-bond acceptors (Lipinski definition) is 5. The number of carbonyl (C=O) groups excluding carboxylic acids is 2. The number of methoxy groups -OCH3 is 1. The zero-order valence-corrected chi connectivity index (χ0v) is 24.0. The van der Waals surface area contributed by atoms with Crippen LogP contribution in [0.3, 0.4) is 0 Å². The van der Waals surface area contributed by atoms with Crippen LogP contribution in [0.15, 0.2) is 77.7 Å². The van der Waals surface area contributed by atoms with E-state index in [-0.39, 0.29) is 23.0 Å². The normalized spacial score (nSPS) is 11.9. The monoisotopic (exact) mass is 551 g/mol. The number of rotatable bonds is 12. The summed E-state index contributed by atoms with van der Waals surface area (Å²) in [5.74, 6) is -0.506. The molecule has 8 nitrogen and oxygen atoms in total. The molecule has 0 aliphatic heterocycles. The Morgan fingerprint density at radius 2 is 1.64 bits per heavy atom. The molecule has 0 bridgehead atoms. The van der Waals surface area contributed by atoms with E-state index in [0.717, 1.165) is 27.4 Å². The lowest BCUT2D eigenvalue weighted by Crippen LogP contribution is -2.51. The van der Waals surface area contributed by atoms with Gasteiger partial charge in [-0.3, -0.25) is 13.9 Å². The minimum atomic E-state index is -4.17. The van der Waals surface area contributed by atoms with Gasteiger partial charge in [0, 0.05) is 13.1 Å². The Morgan fingerprint density at radius 3 is 2.28 bits per heavy atom. The summed E-state index contributed by atoms with van der Waals surface area (Å²) in [6.07, 6.45) is 0.751. The first-order chi connectivity index (χ1) is 18.6. The Bertz CT molecular complexity index is 1390. The number of carbonyl (C=O) groups is 2. The molecule has 0 aliphatic rings. The zero-order chi connectivity index (χ0) is 28.6. The second-order valence-corrected chi connectivity index (χ2v) is 11.3.